The summed E-state index contributed by atoms with van der Waals surface area (Å²) in [5.41, 5.74) is 1.15. The molecule has 25 heavy (non-hydrogen) atoms. The van der Waals surface area contributed by atoms with E-state index in [0.29, 0.717) is 16.1 Å². The van der Waals surface area contributed by atoms with Gasteiger partial charge < -0.3 is 4.74 Å². The van der Waals surface area contributed by atoms with E-state index < -0.39 is 5.82 Å². The van der Waals surface area contributed by atoms with E-state index in [1.165, 1.54) is 29.5 Å². The number of anilines is 1. The van der Waals surface area contributed by atoms with Crippen molar-refractivity contribution in [3.05, 3.63) is 45.1 Å². The van der Waals surface area contributed by atoms with Crippen LogP contribution in [-0.2, 0) is 11.3 Å². The molecule has 1 aliphatic rings. The Kier molecular flexibility index (Phi) is 5.83. The normalized spacial score (nSPS) is 21.3. The number of thiazole rings is 1. The highest BCUT2D eigenvalue weighted by molar-refractivity contribution is 9.10. The van der Waals surface area contributed by atoms with Crippen LogP contribution in [0.2, 0.25) is 0 Å². The zero-order valence-electron chi connectivity index (χ0n) is 14.0. The standard InChI is InChI=1S/C17H19BrFN3O2S/c1-10-6-22(7-11(2)24-10)8-13-9-25-17(20-13)21-16(23)14-5-12(19)3-4-15(14)18/h3-5,9-11H,6-8H2,1-2H3,(H,20,21,23). The summed E-state index contributed by atoms with van der Waals surface area (Å²) >= 11 is 4.63. The van der Waals surface area contributed by atoms with Gasteiger partial charge in [-0.15, -0.1) is 11.3 Å². The summed E-state index contributed by atoms with van der Waals surface area (Å²) in [6.45, 7) is 6.56. The highest BCUT2D eigenvalue weighted by Gasteiger charge is 2.23. The Labute approximate surface area is 158 Å². The number of aromatic nitrogens is 1. The molecule has 134 valence electrons. The fraction of sp³-hybridized carbons (Fsp3) is 0.412. The molecule has 1 aromatic carbocycles. The van der Waals surface area contributed by atoms with Crippen molar-refractivity contribution in [1.29, 1.82) is 0 Å². The van der Waals surface area contributed by atoms with Crippen LogP contribution in [0.25, 0.3) is 0 Å². The van der Waals surface area contributed by atoms with E-state index in [1.54, 1.807) is 0 Å². The lowest BCUT2D eigenvalue weighted by Crippen LogP contribution is -2.44. The molecule has 3 rings (SSSR count). The molecule has 0 spiro atoms. The molecule has 0 bridgehead atoms. The lowest BCUT2D eigenvalue weighted by molar-refractivity contribution is -0.0707. The minimum atomic E-state index is -0.455. The average Bonchev–Trinajstić information content (AvgIpc) is 2.95. The Morgan fingerprint density at radius 1 is 1.44 bits per heavy atom. The maximum Gasteiger partial charge on any atom is 0.258 e. The number of carbonyl (C=O) groups excluding carboxylic acids is 1. The monoisotopic (exact) mass is 427 g/mol. The molecule has 2 unspecified atom stereocenters. The molecule has 8 heteroatoms. The molecule has 1 N–H and O–H groups in total. The quantitative estimate of drug-likeness (QED) is 0.803. The molecule has 1 saturated heterocycles. The largest absolute Gasteiger partial charge is 0.373 e. The van der Waals surface area contributed by atoms with Gasteiger partial charge >= 0.3 is 0 Å². The van der Waals surface area contributed by atoms with Crippen molar-refractivity contribution in [1.82, 2.24) is 9.88 Å². The minimum absolute atomic E-state index is 0.201. The van der Waals surface area contributed by atoms with E-state index in [4.69, 9.17) is 4.74 Å². The first kappa shape index (κ1) is 18.4. The third-order valence-corrected chi connectivity index (χ3v) is 5.32. The van der Waals surface area contributed by atoms with Gasteiger partial charge in [-0.2, -0.15) is 0 Å². The molecule has 2 heterocycles. The van der Waals surface area contributed by atoms with Crippen LogP contribution in [-0.4, -0.2) is 41.1 Å². The van der Waals surface area contributed by atoms with Crippen molar-refractivity contribution in [2.75, 3.05) is 18.4 Å². The Morgan fingerprint density at radius 2 is 2.16 bits per heavy atom. The number of amides is 1. The van der Waals surface area contributed by atoms with Crippen molar-refractivity contribution in [2.45, 2.75) is 32.6 Å². The fourth-order valence-electron chi connectivity index (χ4n) is 2.92. The molecular weight excluding hydrogens is 409 g/mol. The second-order valence-electron chi connectivity index (χ2n) is 6.17. The predicted octanol–water partition coefficient (Wildman–Crippen LogP) is 3.91. The van der Waals surface area contributed by atoms with Crippen molar-refractivity contribution in [2.24, 2.45) is 0 Å². The Bertz CT molecular complexity index is 760. The smallest absolute Gasteiger partial charge is 0.258 e. The summed E-state index contributed by atoms with van der Waals surface area (Å²) in [5, 5.41) is 5.17. The van der Waals surface area contributed by atoms with Crippen LogP contribution < -0.4 is 5.32 Å². The fourth-order valence-corrected chi connectivity index (χ4v) is 4.04. The van der Waals surface area contributed by atoms with Gasteiger partial charge in [0.05, 0.1) is 23.5 Å². The number of rotatable bonds is 4. The molecule has 2 aromatic rings. The van der Waals surface area contributed by atoms with Crippen molar-refractivity contribution >= 4 is 38.3 Å². The topological polar surface area (TPSA) is 54.5 Å². The predicted molar refractivity (Wildman–Crippen MR) is 99.5 cm³/mol. The van der Waals surface area contributed by atoms with Crippen LogP contribution in [0.4, 0.5) is 9.52 Å². The lowest BCUT2D eigenvalue weighted by atomic mass is 10.2. The number of nitrogens with one attached hydrogen (secondary N) is 1. The molecule has 1 fully saturated rings. The number of ether oxygens (including phenoxy) is 1. The first-order chi connectivity index (χ1) is 11.9. The van der Waals surface area contributed by atoms with Gasteiger partial charge in [0, 0.05) is 29.5 Å². The second kappa shape index (κ2) is 7.90. The third kappa shape index (κ3) is 4.84. The Hall–Kier alpha value is -1.35. The average molecular weight is 428 g/mol. The van der Waals surface area contributed by atoms with Crippen molar-refractivity contribution in [3.8, 4) is 0 Å². The Balaban J connectivity index is 1.63. The number of hydrogen-bond acceptors (Lipinski definition) is 5. The minimum Gasteiger partial charge on any atom is -0.373 e. The summed E-state index contributed by atoms with van der Waals surface area (Å²) in [4.78, 5) is 19.1. The second-order valence-corrected chi connectivity index (χ2v) is 7.89. The van der Waals surface area contributed by atoms with E-state index >= 15 is 0 Å². The van der Waals surface area contributed by atoms with Gasteiger partial charge in [0.1, 0.15) is 5.82 Å². The van der Waals surface area contributed by atoms with E-state index in [2.05, 4.69) is 45.0 Å². The van der Waals surface area contributed by atoms with Crippen LogP contribution in [0.3, 0.4) is 0 Å². The van der Waals surface area contributed by atoms with Crippen LogP contribution in [0.15, 0.2) is 28.1 Å². The summed E-state index contributed by atoms with van der Waals surface area (Å²) in [6.07, 6.45) is 0.402. The SMILES string of the molecule is CC1CN(Cc2csc(NC(=O)c3cc(F)ccc3Br)n2)CC(C)O1. The van der Waals surface area contributed by atoms with Gasteiger partial charge in [-0.1, -0.05) is 0 Å². The summed E-state index contributed by atoms with van der Waals surface area (Å²) in [5.74, 6) is -0.843. The summed E-state index contributed by atoms with van der Waals surface area (Å²) in [7, 11) is 0. The van der Waals surface area contributed by atoms with E-state index in [0.717, 1.165) is 18.8 Å². The summed E-state index contributed by atoms with van der Waals surface area (Å²) in [6, 6.07) is 4.01. The number of benzene rings is 1. The molecule has 0 saturated carbocycles. The molecule has 0 aliphatic carbocycles. The molecule has 2 atom stereocenters. The maximum atomic E-state index is 13.3. The highest BCUT2D eigenvalue weighted by atomic mass is 79.9. The van der Waals surface area contributed by atoms with Gasteiger partial charge in [0.15, 0.2) is 5.13 Å². The van der Waals surface area contributed by atoms with Crippen molar-refractivity contribution in [3.63, 3.8) is 0 Å². The molecule has 1 aromatic heterocycles. The van der Waals surface area contributed by atoms with Crippen LogP contribution in [0.1, 0.15) is 29.9 Å². The first-order valence-electron chi connectivity index (χ1n) is 7.99. The van der Waals surface area contributed by atoms with Crippen LogP contribution >= 0.6 is 27.3 Å². The molecule has 1 aliphatic heterocycles. The number of hydrogen-bond donors (Lipinski definition) is 1. The van der Waals surface area contributed by atoms with Crippen molar-refractivity contribution < 1.29 is 13.9 Å². The lowest BCUT2D eigenvalue weighted by Gasteiger charge is -2.34. The zero-order valence-corrected chi connectivity index (χ0v) is 16.4. The Morgan fingerprint density at radius 3 is 2.88 bits per heavy atom. The third-order valence-electron chi connectivity index (χ3n) is 3.83. The molecule has 1 amide bonds. The van der Waals surface area contributed by atoms with Gasteiger partial charge in [-0.3, -0.25) is 15.0 Å². The molecule has 0 radical (unpaired) electrons. The molecule has 5 nitrogen and oxygen atoms in total. The van der Waals surface area contributed by atoms with E-state index in [-0.39, 0.29) is 23.7 Å². The number of carbonyl (C=O) groups is 1. The van der Waals surface area contributed by atoms with Gasteiger partial charge in [-0.25, -0.2) is 9.37 Å². The van der Waals surface area contributed by atoms with Gasteiger partial charge in [0.2, 0.25) is 0 Å². The molecular formula is C17H19BrFN3O2S. The number of nitrogens with zero attached hydrogens (tertiary/aromatic N) is 2. The van der Waals surface area contributed by atoms with Gasteiger partial charge in [-0.05, 0) is 48.0 Å². The summed E-state index contributed by atoms with van der Waals surface area (Å²) < 4.78 is 19.6. The maximum absolute atomic E-state index is 13.3. The number of morpholine rings is 1. The first-order valence-corrected chi connectivity index (χ1v) is 9.66. The number of halogens is 2. The van der Waals surface area contributed by atoms with Crippen LogP contribution in [0, 0.1) is 5.82 Å². The zero-order chi connectivity index (χ0) is 18.0. The van der Waals surface area contributed by atoms with Gasteiger partial charge in [0.25, 0.3) is 5.91 Å². The van der Waals surface area contributed by atoms with Crippen LogP contribution in [0.5, 0.6) is 0 Å². The van der Waals surface area contributed by atoms with E-state index in [1.807, 2.05) is 5.38 Å². The highest BCUT2D eigenvalue weighted by Crippen LogP contribution is 2.22. The van der Waals surface area contributed by atoms with E-state index in [9.17, 15) is 9.18 Å².